The Bertz CT molecular complexity index is 181. The Labute approximate surface area is 79.4 Å². The van der Waals surface area contributed by atoms with E-state index in [2.05, 4.69) is 6.92 Å². The highest BCUT2D eigenvalue weighted by Crippen LogP contribution is 2.27. The molecule has 76 valence electrons. The Morgan fingerprint density at radius 1 is 1.69 bits per heavy atom. The molecule has 3 nitrogen and oxygen atoms in total. The smallest absolute Gasteiger partial charge is 0.302 e. The van der Waals surface area contributed by atoms with E-state index in [0.29, 0.717) is 12.5 Å². The highest BCUT2D eigenvalue weighted by molar-refractivity contribution is 5.65. The summed E-state index contributed by atoms with van der Waals surface area (Å²) in [4.78, 5) is 10.6. The summed E-state index contributed by atoms with van der Waals surface area (Å²) in [5.74, 6) is 0.397. The van der Waals surface area contributed by atoms with E-state index >= 15 is 0 Å². The maximum Gasteiger partial charge on any atom is 0.302 e. The summed E-state index contributed by atoms with van der Waals surface area (Å²) < 4.78 is 10.6. The van der Waals surface area contributed by atoms with Crippen molar-refractivity contribution < 1.29 is 14.3 Å². The van der Waals surface area contributed by atoms with Crippen molar-refractivity contribution in [1.29, 1.82) is 0 Å². The van der Waals surface area contributed by atoms with Crippen LogP contribution in [-0.4, -0.2) is 24.8 Å². The van der Waals surface area contributed by atoms with Crippen LogP contribution in [0.1, 0.15) is 33.6 Å². The second-order valence-corrected chi connectivity index (χ2v) is 4.19. The van der Waals surface area contributed by atoms with Gasteiger partial charge in [-0.1, -0.05) is 6.92 Å². The summed E-state index contributed by atoms with van der Waals surface area (Å²) >= 11 is 0. The molecule has 0 N–H and O–H groups in total. The second-order valence-electron chi connectivity index (χ2n) is 4.19. The maximum absolute atomic E-state index is 10.6. The van der Waals surface area contributed by atoms with E-state index in [4.69, 9.17) is 9.47 Å². The number of hydrogen-bond donors (Lipinski definition) is 0. The molecular formula is C10H18O3. The van der Waals surface area contributed by atoms with Gasteiger partial charge in [-0.2, -0.15) is 0 Å². The fourth-order valence-electron chi connectivity index (χ4n) is 1.42. The van der Waals surface area contributed by atoms with Crippen LogP contribution in [0.3, 0.4) is 0 Å². The SMILES string of the molecule is CC(=O)OC[C@@]1(C)CC[C@H](C)CO1. The van der Waals surface area contributed by atoms with Gasteiger partial charge in [0.1, 0.15) is 6.61 Å². The van der Waals surface area contributed by atoms with E-state index in [1.54, 1.807) is 0 Å². The van der Waals surface area contributed by atoms with E-state index in [-0.39, 0.29) is 11.6 Å². The van der Waals surface area contributed by atoms with Crippen LogP contribution in [0, 0.1) is 5.92 Å². The summed E-state index contributed by atoms with van der Waals surface area (Å²) in [7, 11) is 0. The van der Waals surface area contributed by atoms with E-state index in [0.717, 1.165) is 19.4 Å². The van der Waals surface area contributed by atoms with Gasteiger partial charge in [0.05, 0.1) is 12.2 Å². The molecule has 0 bridgehead atoms. The van der Waals surface area contributed by atoms with Crippen LogP contribution >= 0.6 is 0 Å². The molecule has 1 heterocycles. The number of esters is 1. The number of carbonyl (C=O) groups is 1. The molecule has 0 aliphatic carbocycles. The first-order valence-electron chi connectivity index (χ1n) is 4.79. The van der Waals surface area contributed by atoms with Crippen molar-refractivity contribution in [2.45, 2.75) is 39.2 Å². The normalized spacial score (nSPS) is 34.2. The summed E-state index contributed by atoms with van der Waals surface area (Å²) in [5, 5.41) is 0. The molecule has 0 saturated carbocycles. The fourth-order valence-corrected chi connectivity index (χ4v) is 1.42. The van der Waals surface area contributed by atoms with Crippen LogP contribution in [0.2, 0.25) is 0 Å². The first-order valence-corrected chi connectivity index (χ1v) is 4.79. The van der Waals surface area contributed by atoms with Gasteiger partial charge >= 0.3 is 5.97 Å². The van der Waals surface area contributed by atoms with Gasteiger partial charge in [-0.15, -0.1) is 0 Å². The molecule has 13 heavy (non-hydrogen) atoms. The molecule has 0 aromatic heterocycles. The molecule has 0 spiro atoms. The van der Waals surface area contributed by atoms with E-state index < -0.39 is 0 Å². The van der Waals surface area contributed by atoms with Crippen molar-refractivity contribution in [1.82, 2.24) is 0 Å². The molecule has 0 radical (unpaired) electrons. The average Bonchev–Trinajstić information content (AvgIpc) is 2.08. The maximum atomic E-state index is 10.6. The van der Waals surface area contributed by atoms with E-state index in [1.165, 1.54) is 6.92 Å². The van der Waals surface area contributed by atoms with Gasteiger partial charge in [-0.3, -0.25) is 4.79 Å². The number of ether oxygens (including phenoxy) is 2. The number of carbonyl (C=O) groups excluding carboxylic acids is 1. The topological polar surface area (TPSA) is 35.5 Å². The first kappa shape index (κ1) is 10.5. The highest BCUT2D eigenvalue weighted by Gasteiger charge is 2.31. The molecule has 1 fully saturated rings. The third kappa shape index (κ3) is 3.35. The van der Waals surface area contributed by atoms with E-state index in [9.17, 15) is 4.79 Å². The number of hydrogen-bond acceptors (Lipinski definition) is 3. The monoisotopic (exact) mass is 186 g/mol. The Morgan fingerprint density at radius 2 is 2.38 bits per heavy atom. The number of rotatable bonds is 2. The van der Waals surface area contributed by atoms with Crippen LogP contribution in [0.4, 0.5) is 0 Å². The Morgan fingerprint density at radius 3 is 2.85 bits per heavy atom. The zero-order chi connectivity index (χ0) is 9.90. The third-order valence-corrected chi connectivity index (χ3v) is 2.46. The van der Waals surface area contributed by atoms with Crippen molar-refractivity contribution in [2.24, 2.45) is 5.92 Å². The van der Waals surface area contributed by atoms with Crippen LogP contribution < -0.4 is 0 Å². The molecule has 0 unspecified atom stereocenters. The Hall–Kier alpha value is -0.570. The molecule has 1 rings (SSSR count). The van der Waals surface area contributed by atoms with Gasteiger partial charge in [-0.25, -0.2) is 0 Å². The van der Waals surface area contributed by atoms with Crippen LogP contribution in [0.25, 0.3) is 0 Å². The van der Waals surface area contributed by atoms with Crippen LogP contribution in [-0.2, 0) is 14.3 Å². The predicted octanol–water partition coefficient (Wildman–Crippen LogP) is 1.75. The second kappa shape index (κ2) is 4.09. The van der Waals surface area contributed by atoms with Crippen molar-refractivity contribution in [3.63, 3.8) is 0 Å². The lowest BCUT2D eigenvalue weighted by Gasteiger charge is -2.35. The lowest BCUT2D eigenvalue weighted by atomic mass is 9.92. The van der Waals surface area contributed by atoms with Gasteiger partial charge in [0, 0.05) is 6.92 Å². The van der Waals surface area contributed by atoms with Crippen LogP contribution in [0.15, 0.2) is 0 Å². The Kier molecular flexibility index (Phi) is 3.31. The van der Waals surface area contributed by atoms with Gasteiger partial charge in [0.25, 0.3) is 0 Å². The van der Waals surface area contributed by atoms with Gasteiger partial charge in [0.15, 0.2) is 0 Å². The predicted molar refractivity (Wildman–Crippen MR) is 49.4 cm³/mol. The summed E-state index contributed by atoms with van der Waals surface area (Å²) in [6.45, 7) is 6.76. The molecule has 0 aromatic carbocycles. The standard InChI is InChI=1S/C10H18O3/c1-8-4-5-10(3,13-6-8)7-12-9(2)11/h8H,4-7H2,1-3H3/t8-,10+/m0/s1. The minimum Gasteiger partial charge on any atom is -0.463 e. The van der Waals surface area contributed by atoms with Crippen molar-refractivity contribution >= 4 is 5.97 Å². The van der Waals surface area contributed by atoms with Gasteiger partial charge in [-0.05, 0) is 25.7 Å². The largest absolute Gasteiger partial charge is 0.463 e. The van der Waals surface area contributed by atoms with Crippen molar-refractivity contribution in [3.8, 4) is 0 Å². The zero-order valence-corrected chi connectivity index (χ0v) is 8.63. The van der Waals surface area contributed by atoms with E-state index in [1.807, 2.05) is 6.92 Å². The first-order chi connectivity index (χ1) is 6.02. The minimum atomic E-state index is -0.252. The molecule has 1 aliphatic heterocycles. The molecule has 2 atom stereocenters. The average molecular weight is 186 g/mol. The quantitative estimate of drug-likeness (QED) is 0.616. The van der Waals surface area contributed by atoms with Gasteiger partial charge in [0.2, 0.25) is 0 Å². The molecule has 1 aliphatic rings. The molecule has 1 saturated heterocycles. The molecule has 0 amide bonds. The summed E-state index contributed by atoms with van der Waals surface area (Å²) in [5.41, 5.74) is -0.252. The molecule has 0 aromatic rings. The summed E-state index contributed by atoms with van der Waals surface area (Å²) in [6, 6.07) is 0. The summed E-state index contributed by atoms with van der Waals surface area (Å²) in [6.07, 6.45) is 2.12. The fraction of sp³-hybridized carbons (Fsp3) is 0.900. The molecular weight excluding hydrogens is 168 g/mol. The molecule has 3 heteroatoms. The van der Waals surface area contributed by atoms with Crippen molar-refractivity contribution in [2.75, 3.05) is 13.2 Å². The Balaban J connectivity index is 2.34. The van der Waals surface area contributed by atoms with Gasteiger partial charge < -0.3 is 9.47 Å². The lowest BCUT2D eigenvalue weighted by Crippen LogP contribution is -2.40. The third-order valence-electron chi connectivity index (χ3n) is 2.46. The van der Waals surface area contributed by atoms with Crippen molar-refractivity contribution in [3.05, 3.63) is 0 Å². The highest BCUT2D eigenvalue weighted by atomic mass is 16.6. The minimum absolute atomic E-state index is 0.233. The zero-order valence-electron chi connectivity index (χ0n) is 8.63. The van der Waals surface area contributed by atoms with Crippen LogP contribution in [0.5, 0.6) is 0 Å². The lowest BCUT2D eigenvalue weighted by molar-refractivity contribution is -0.159.